The summed E-state index contributed by atoms with van der Waals surface area (Å²) in [6.45, 7) is 4.33. The fraction of sp³-hybridized carbons (Fsp3) is 0.250. The summed E-state index contributed by atoms with van der Waals surface area (Å²) in [5.41, 5.74) is 4.27. The highest BCUT2D eigenvalue weighted by Crippen LogP contribution is 2.17. The lowest BCUT2D eigenvalue weighted by Gasteiger charge is -2.26. The minimum Gasteiger partial charge on any atom is -0.348 e. The number of carbonyl (C=O) groups excluding carboxylic acids is 1. The van der Waals surface area contributed by atoms with Crippen molar-refractivity contribution >= 4 is 17.5 Å². The van der Waals surface area contributed by atoms with Gasteiger partial charge in [0.25, 0.3) is 5.91 Å². The number of hydrogen-bond acceptors (Lipinski definition) is 6. The van der Waals surface area contributed by atoms with E-state index in [0.717, 1.165) is 22.6 Å². The minimum atomic E-state index is -0.0591. The zero-order valence-electron chi connectivity index (χ0n) is 16.0. The fourth-order valence-corrected chi connectivity index (χ4v) is 3.49. The van der Waals surface area contributed by atoms with Gasteiger partial charge in [-0.15, -0.1) is 0 Å². The molecule has 0 fully saturated rings. The van der Waals surface area contributed by atoms with Gasteiger partial charge in [0.15, 0.2) is 0 Å². The molecule has 5 heterocycles. The molecule has 0 atom stereocenters. The molecule has 5 rings (SSSR count). The normalized spacial score (nSPS) is 13.5. The van der Waals surface area contributed by atoms with E-state index in [2.05, 4.69) is 25.4 Å². The lowest BCUT2D eigenvalue weighted by molar-refractivity contribution is 0.0701. The standard InChI is InChI=1S/C20H20N8O/c1-14-3-6-26-13-17(24-18(26)9-14)19(29)27-7-8-28-16(12-27)10-15(25-28)11-23-20-21-4-2-5-22-20/h2-6,9-10,13H,7-8,11-12H2,1H3,(H,21,22,23). The quantitative estimate of drug-likeness (QED) is 0.574. The number of nitrogens with one attached hydrogen (secondary N) is 1. The molecule has 4 aromatic heterocycles. The van der Waals surface area contributed by atoms with E-state index in [0.29, 0.717) is 37.8 Å². The third-order valence-electron chi connectivity index (χ3n) is 4.96. The number of aromatic nitrogens is 6. The Morgan fingerprint density at radius 2 is 2.07 bits per heavy atom. The number of pyridine rings is 1. The third kappa shape index (κ3) is 3.42. The summed E-state index contributed by atoms with van der Waals surface area (Å²) in [6, 6.07) is 7.76. The van der Waals surface area contributed by atoms with E-state index in [1.807, 2.05) is 45.3 Å². The van der Waals surface area contributed by atoms with Crippen LogP contribution in [0.1, 0.15) is 27.4 Å². The fourth-order valence-electron chi connectivity index (χ4n) is 3.49. The molecule has 1 aliphatic rings. The molecule has 146 valence electrons. The van der Waals surface area contributed by atoms with Gasteiger partial charge in [-0.25, -0.2) is 15.0 Å². The van der Waals surface area contributed by atoms with E-state index >= 15 is 0 Å². The SMILES string of the molecule is Cc1ccn2cc(C(=O)N3CCn4nc(CNc5ncccn5)cc4C3)nc2c1. The number of hydrogen-bond donors (Lipinski definition) is 1. The van der Waals surface area contributed by atoms with Crippen molar-refractivity contribution in [3.05, 3.63) is 71.7 Å². The van der Waals surface area contributed by atoms with Gasteiger partial charge in [-0.1, -0.05) is 0 Å². The second-order valence-corrected chi connectivity index (χ2v) is 7.10. The molecule has 29 heavy (non-hydrogen) atoms. The van der Waals surface area contributed by atoms with Gasteiger partial charge < -0.3 is 14.6 Å². The van der Waals surface area contributed by atoms with Gasteiger partial charge in [0.2, 0.25) is 5.95 Å². The molecule has 0 aromatic carbocycles. The van der Waals surface area contributed by atoms with Gasteiger partial charge in [-0.05, 0) is 36.8 Å². The van der Waals surface area contributed by atoms with Crippen LogP contribution in [-0.4, -0.2) is 46.5 Å². The summed E-state index contributed by atoms with van der Waals surface area (Å²) in [5, 5.41) is 7.78. The topological polar surface area (TPSA) is 93.2 Å². The van der Waals surface area contributed by atoms with Crippen molar-refractivity contribution in [1.29, 1.82) is 0 Å². The number of nitrogens with zero attached hydrogens (tertiary/aromatic N) is 7. The third-order valence-corrected chi connectivity index (χ3v) is 4.96. The van der Waals surface area contributed by atoms with E-state index < -0.39 is 0 Å². The molecule has 0 radical (unpaired) electrons. The maximum atomic E-state index is 13.0. The summed E-state index contributed by atoms with van der Waals surface area (Å²) in [5.74, 6) is 0.508. The number of fused-ring (bicyclic) bond motifs is 2. The van der Waals surface area contributed by atoms with Crippen LogP contribution in [0.15, 0.2) is 49.1 Å². The van der Waals surface area contributed by atoms with E-state index in [1.165, 1.54) is 0 Å². The molecule has 9 heteroatoms. The molecule has 4 aromatic rings. The first-order valence-corrected chi connectivity index (χ1v) is 9.47. The minimum absolute atomic E-state index is 0.0591. The summed E-state index contributed by atoms with van der Waals surface area (Å²) in [6.07, 6.45) is 7.10. The molecular formula is C20H20N8O. The van der Waals surface area contributed by atoms with Crippen molar-refractivity contribution in [2.75, 3.05) is 11.9 Å². The average molecular weight is 388 g/mol. The number of carbonyl (C=O) groups is 1. The van der Waals surface area contributed by atoms with Crippen LogP contribution in [0.25, 0.3) is 5.65 Å². The van der Waals surface area contributed by atoms with E-state index in [4.69, 9.17) is 0 Å². The number of aryl methyl sites for hydroxylation is 1. The second-order valence-electron chi connectivity index (χ2n) is 7.10. The van der Waals surface area contributed by atoms with Crippen molar-refractivity contribution in [3.63, 3.8) is 0 Å². The smallest absolute Gasteiger partial charge is 0.274 e. The largest absolute Gasteiger partial charge is 0.348 e. The number of rotatable bonds is 4. The van der Waals surface area contributed by atoms with Crippen LogP contribution < -0.4 is 5.32 Å². The summed E-state index contributed by atoms with van der Waals surface area (Å²) >= 11 is 0. The second kappa shape index (κ2) is 7.01. The maximum absolute atomic E-state index is 13.0. The highest BCUT2D eigenvalue weighted by Gasteiger charge is 2.25. The Morgan fingerprint density at radius 1 is 1.21 bits per heavy atom. The Labute approximate surface area is 167 Å². The predicted octanol–water partition coefficient (Wildman–Crippen LogP) is 1.90. The molecule has 1 aliphatic heterocycles. The molecular weight excluding hydrogens is 368 g/mol. The highest BCUT2D eigenvalue weighted by molar-refractivity contribution is 5.93. The lowest BCUT2D eigenvalue weighted by atomic mass is 10.2. The number of amides is 1. The Hall–Kier alpha value is -3.75. The van der Waals surface area contributed by atoms with Crippen molar-refractivity contribution in [2.24, 2.45) is 0 Å². The Balaban J connectivity index is 1.29. The molecule has 0 bridgehead atoms. The molecule has 0 aliphatic carbocycles. The first-order chi connectivity index (χ1) is 14.2. The van der Waals surface area contributed by atoms with Gasteiger partial charge in [-0.3, -0.25) is 9.48 Å². The molecule has 0 unspecified atom stereocenters. The number of imidazole rings is 1. The number of anilines is 1. The first kappa shape index (κ1) is 17.4. The molecule has 1 amide bonds. The molecule has 0 saturated heterocycles. The zero-order valence-corrected chi connectivity index (χ0v) is 16.0. The van der Waals surface area contributed by atoms with Gasteiger partial charge >= 0.3 is 0 Å². The average Bonchev–Trinajstić information content (AvgIpc) is 3.35. The van der Waals surface area contributed by atoms with Crippen LogP contribution in [0.5, 0.6) is 0 Å². The van der Waals surface area contributed by atoms with Crippen LogP contribution >= 0.6 is 0 Å². The zero-order chi connectivity index (χ0) is 19.8. The van der Waals surface area contributed by atoms with Crippen LogP contribution in [-0.2, 0) is 19.6 Å². The van der Waals surface area contributed by atoms with Crippen LogP contribution in [0.3, 0.4) is 0 Å². The Morgan fingerprint density at radius 3 is 2.93 bits per heavy atom. The molecule has 0 spiro atoms. The van der Waals surface area contributed by atoms with Gasteiger partial charge in [-0.2, -0.15) is 5.10 Å². The summed E-state index contributed by atoms with van der Waals surface area (Å²) in [7, 11) is 0. The lowest BCUT2D eigenvalue weighted by Crippen LogP contribution is -2.38. The Bertz CT molecular complexity index is 1180. The van der Waals surface area contributed by atoms with Crippen molar-refractivity contribution in [2.45, 2.75) is 26.6 Å². The Kier molecular flexibility index (Phi) is 4.19. The van der Waals surface area contributed by atoms with Crippen molar-refractivity contribution < 1.29 is 4.79 Å². The highest BCUT2D eigenvalue weighted by atomic mass is 16.2. The monoisotopic (exact) mass is 388 g/mol. The van der Waals surface area contributed by atoms with Crippen LogP contribution in [0.2, 0.25) is 0 Å². The summed E-state index contributed by atoms with van der Waals surface area (Å²) < 4.78 is 3.84. The van der Waals surface area contributed by atoms with Gasteiger partial charge in [0, 0.05) is 31.3 Å². The van der Waals surface area contributed by atoms with E-state index in [9.17, 15) is 4.79 Å². The summed E-state index contributed by atoms with van der Waals surface area (Å²) in [4.78, 5) is 27.6. The molecule has 9 nitrogen and oxygen atoms in total. The van der Waals surface area contributed by atoms with Gasteiger partial charge in [0.05, 0.1) is 31.0 Å². The first-order valence-electron chi connectivity index (χ1n) is 9.47. The maximum Gasteiger partial charge on any atom is 0.274 e. The molecule has 1 N–H and O–H groups in total. The van der Waals surface area contributed by atoms with Crippen molar-refractivity contribution in [3.8, 4) is 0 Å². The molecule has 0 saturated carbocycles. The van der Waals surface area contributed by atoms with Crippen LogP contribution in [0.4, 0.5) is 5.95 Å². The van der Waals surface area contributed by atoms with Gasteiger partial charge in [0.1, 0.15) is 11.3 Å². The van der Waals surface area contributed by atoms with Crippen LogP contribution in [0, 0.1) is 6.92 Å². The van der Waals surface area contributed by atoms with E-state index in [-0.39, 0.29) is 5.91 Å². The van der Waals surface area contributed by atoms with E-state index in [1.54, 1.807) is 24.7 Å². The van der Waals surface area contributed by atoms with Crippen molar-refractivity contribution in [1.82, 2.24) is 34.0 Å². The predicted molar refractivity (Wildman–Crippen MR) is 106 cm³/mol.